The number of ether oxygens (including phenoxy) is 1. The predicted octanol–water partition coefficient (Wildman–Crippen LogP) is 2.33. The van der Waals surface area contributed by atoms with E-state index >= 15 is 0 Å². The van der Waals surface area contributed by atoms with Crippen LogP contribution < -0.4 is 15.8 Å². The Balaban J connectivity index is 1.50. The molecule has 1 spiro atoms. The van der Waals surface area contributed by atoms with Crippen LogP contribution in [0.3, 0.4) is 0 Å². The van der Waals surface area contributed by atoms with Crippen LogP contribution in [0.2, 0.25) is 0 Å². The second-order valence-corrected chi connectivity index (χ2v) is 7.02. The van der Waals surface area contributed by atoms with Gasteiger partial charge in [0.25, 0.3) is 5.91 Å². The third kappa shape index (κ3) is 3.03. The molecule has 1 fully saturated rings. The number of methoxy groups -OCH3 is 1. The molecule has 0 radical (unpaired) electrons. The van der Waals surface area contributed by atoms with Crippen molar-refractivity contribution in [3.8, 4) is 11.8 Å². The first-order valence-electron chi connectivity index (χ1n) is 9.15. The molecule has 28 heavy (non-hydrogen) atoms. The summed E-state index contributed by atoms with van der Waals surface area (Å²) in [6, 6.07) is 14.5. The van der Waals surface area contributed by atoms with Crippen molar-refractivity contribution < 1.29 is 9.53 Å². The molecule has 142 valence electrons. The van der Waals surface area contributed by atoms with Crippen molar-refractivity contribution in [2.45, 2.75) is 18.5 Å². The highest BCUT2D eigenvalue weighted by atomic mass is 16.5. The summed E-state index contributed by atoms with van der Waals surface area (Å²) < 4.78 is 5.40. The van der Waals surface area contributed by atoms with E-state index in [1.807, 2.05) is 23.1 Å². The molecule has 2 aliphatic heterocycles. The highest BCUT2D eigenvalue weighted by Gasteiger charge is 2.39. The molecule has 1 amide bonds. The monoisotopic (exact) mass is 375 g/mol. The summed E-state index contributed by atoms with van der Waals surface area (Å²) in [6.45, 7) is 1.14. The first-order chi connectivity index (χ1) is 13.5. The Kier molecular flexibility index (Phi) is 4.40. The zero-order chi connectivity index (χ0) is 19.7. The Bertz CT molecular complexity index is 983. The maximum absolute atomic E-state index is 12.8. The number of amidine groups is 1. The topological polar surface area (TPSA) is 104 Å². The molecular formula is C21H21N5O2. The standard InChI is InChI=1S/C21H21N5O2/c1-28-17-4-2-3-16-18(17)19(23)25-21(24-16)9-11-26(12-10-21)20(27)15-7-5-14(13-22)6-8-15/h2-8,24H,9-12H2,1H3,(H2,23,25). The molecule has 2 heterocycles. The van der Waals surface area contributed by atoms with Gasteiger partial charge in [-0.05, 0) is 36.4 Å². The van der Waals surface area contributed by atoms with Crippen LogP contribution >= 0.6 is 0 Å². The van der Waals surface area contributed by atoms with Crippen LogP contribution in [0.1, 0.15) is 34.3 Å². The maximum atomic E-state index is 12.8. The fourth-order valence-electron chi connectivity index (χ4n) is 3.82. The number of nitriles is 1. The molecule has 2 aromatic rings. The highest BCUT2D eigenvalue weighted by molar-refractivity contribution is 6.06. The molecule has 7 heteroatoms. The molecule has 7 nitrogen and oxygen atoms in total. The molecule has 3 N–H and O–H groups in total. The maximum Gasteiger partial charge on any atom is 0.253 e. The normalized spacial score (nSPS) is 17.1. The molecule has 2 aromatic carbocycles. The van der Waals surface area contributed by atoms with Crippen LogP contribution in [0.15, 0.2) is 47.5 Å². The van der Waals surface area contributed by atoms with E-state index in [0.717, 1.165) is 11.3 Å². The Hall–Kier alpha value is -3.53. The van der Waals surface area contributed by atoms with Gasteiger partial charge >= 0.3 is 0 Å². The van der Waals surface area contributed by atoms with Gasteiger partial charge in [0.2, 0.25) is 0 Å². The molecule has 0 unspecified atom stereocenters. The van der Waals surface area contributed by atoms with Crippen molar-refractivity contribution in [3.63, 3.8) is 0 Å². The van der Waals surface area contributed by atoms with Crippen LogP contribution in [0, 0.1) is 11.3 Å². The van der Waals surface area contributed by atoms with Gasteiger partial charge in [0.1, 0.15) is 17.2 Å². The fourth-order valence-corrected chi connectivity index (χ4v) is 3.82. The summed E-state index contributed by atoms with van der Waals surface area (Å²) in [5, 5.41) is 12.4. The number of fused-ring (bicyclic) bond motifs is 1. The van der Waals surface area contributed by atoms with Crippen LogP contribution in [0.25, 0.3) is 0 Å². The first-order valence-corrected chi connectivity index (χ1v) is 9.15. The lowest BCUT2D eigenvalue weighted by Crippen LogP contribution is -2.52. The van der Waals surface area contributed by atoms with E-state index < -0.39 is 5.66 Å². The van der Waals surface area contributed by atoms with E-state index in [2.05, 4.69) is 11.4 Å². The average molecular weight is 375 g/mol. The third-order valence-electron chi connectivity index (χ3n) is 5.34. The van der Waals surface area contributed by atoms with Crippen LogP contribution in [0.5, 0.6) is 5.75 Å². The van der Waals surface area contributed by atoms with E-state index in [-0.39, 0.29) is 5.91 Å². The molecule has 4 rings (SSSR count). The molecular weight excluding hydrogens is 354 g/mol. The summed E-state index contributed by atoms with van der Waals surface area (Å²) in [4.78, 5) is 19.3. The van der Waals surface area contributed by atoms with Crippen molar-refractivity contribution >= 4 is 17.4 Å². The van der Waals surface area contributed by atoms with Gasteiger partial charge in [-0.1, -0.05) is 6.07 Å². The zero-order valence-electron chi connectivity index (χ0n) is 15.6. The minimum atomic E-state index is -0.509. The van der Waals surface area contributed by atoms with Gasteiger partial charge in [-0.2, -0.15) is 5.26 Å². The van der Waals surface area contributed by atoms with Crippen molar-refractivity contribution in [1.29, 1.82) is 5.26 Å². The van der Waals surface area contributed by atoms with Crippen LogP contribution in [-0.4, -0.2) is 42.5 Å². The van der Waals surface area contributed by atoms with Gasteiger partial charge in [0, 0.05) is 31.5 Å². The molecule has 0 aromatic heterocycles. The lowest BCUT2D eigenvalue weighted by atomic mass is 9.93. The van der Waals surface area contributed by atoms with Crippen LogP contribution in [0.4, 0.5) is 5.69 Å². The number of aliphatic imine (C=N–C) groups is 1. The third-order valence-corrected chi connectivity index (χ3v) is 5.34. The van der Waals surface area contributed by atoms with E-state index in [1.165, 1.54) is 0 Å². The zero-order valence-corrected chi connectivity index (χ0v) is 15.6. The largest absolute Gasteiger partial charge is 0.496 e. The number of anilines is 1. The van der Waals surface area contributed by atoms with Gasteiger partial charge in [-0.15, -0.1) is 0 Å². The average Bonchev–Trinajstić information content (AvgIpc) is 2.73. The highest BCUT2D eigenvalue weighted by Crippen LogP contribution is 2.37. The minimum absolute atomic E-state index is 0.0332. The number of hydrogen-bond donors (Lipinski definition) is 2. The Labute approximate surface area is 163 Å². The Morgan fingerprint density at radius 1 is 1.25 bits per heavy atom. The van der Waals surface area contributed by atoms with Gasteiger partial charge in [0.15, 0.2) is 0 Å². The van der Waals surface area contributed by atoms with Gasteiger partial charge in [-0.3, -0.25) is 4.79 Å². The molecule has 0 saturated carbocycles. The SMILES string of the molecule is COc1cccc2c1C(N)=NC1(CCN(C(=O)c3ccc(C#N)cc3)CC1)N2. The summed E-state index contributed by atoms with van der Waals surface area (Å²) in [6.07, 6.45) is 1.32. The number of rotatable bonds is 2. The summed E-state index contributed by atoms with van der Waals surface area (Å²) in [7, 11) is 1.61. The Morgan fingerprint density at radius 3 is 2.61 bits per heavy atom. The van der Waals surface area contributed by atoms with Crippen molar-refractivity contribution in [2.24, 2.45) is 10.7 Å². The lowest BCUT2D eigenvalue weighted by Gasteiger charge is -2.42. The molecule has 0 bridgehead atoms. The predicted molar refractivity (Wildman–Crippen MR) is 106 cm³/mol. The van der Waals surface area contributed by atoms with Gasteiger partial charge in [-0.25, -0.2) is 4.99 Å². The number of nitrogens with two attached hydrogens (primary N) is 1. The number of likely N-dealkylation sites (tertiary alicyclic amines) is 1. The van der Waals surface area contributed by atoms with E-state index in [1.54, 1.807) is 31.4 Å². The smallest absolute Gasteiger partial charge is 0.253 e. The molecule has 0 atom stereocenters. The lowest BCUT2D eigenvalue weighted by molar-refractivity contribution is 0.0685. The number of nitrogens with one attached hydrogen (secondary N) is 1. The van der Waals surface area contributed by atoms with Crippen molar-refractivity contribution in [3.05, 3.63) is 59.2 Å². The summed E-state index contributed by atoms with van der Waals surface area (Å²) in [5.41, 5.74) is 8.57. The number of amides is 1. The first kappa shape index (κ1) is 17.9. The minimum Gasteiger partial charge on any atom is -0.496 e. The van der Waals surface area contributed by atoms with Gasteiger partial charge in [0.05, 0.1) is 30.0 Å². The second-order valence-electron chi connectivity index (χ2n) is 7.02. The van der Waals surface area contributed by atoms with Crippen LogP contribution in [-0.2, 0) is 0 Å². The molecule has 0 aliphatic carbocycles. The van der Waals surface area contributed by atoms with E-state index in [4.69, 9.17) is 20.7 Å². The summed E-state index contributed by atoms with van der Waals surface area (Å²) >= 11 is 0. The number of hydrogen-bond acceptors (Lipinski definition) is 6. The Morgan fingerprint density at radius 2 is 1.96 bits per heavy atom. The quantitative estimate of drug-likeness (QED) is 0.838. The number of benzene rings is 2. The number of carbonyl (C=O) groups excluding carboxylic acids is 1. The number of piperidine rings is 1. The van der Waals surface area contributed by atoms with Crippen molar-refractivity contribution in [1.82, 2.24) is 4.90 Å². The van der Waals surface area contributed by atoms with E-state index in [9.17, 15) is 4.79 Å². The molecule has 1 saturated heterocycles. The number of nitrogens with zero attached hydrogens (tertiary/aromatic N) is 3. The second kappa shape index (κ2) is 6.89. The fraction of sp³-hybridized carbons (Fsp3) is 0.286. The van der Waals surface area contributed by atoms with E-state index in [0.29, 0.717) is 48.6 Å². The molecule has 2 aliphatic rings. The number of carbonyl (C=O) groups is 1. The van der Waals surface area contributed by atoms with Gasteiger partial charge < -0.3 is 20.7 Å². The summed E-state index contributed by atoms with van der Waals surface area (Å²) in [5.74, 6) is 1.11. The van der Waals surface area contributed by atoms with Crippen molar-refractivity contribution in [2.75, 3.05) is 25.5 Å².